The van der Waals surface area contributed by atoms with Crippen LogP contribution in [0.3, 0.4) is 0 Å². The number of methoxy groups -OCH3 is 1. The van der Waals surface area contributed by atoms with E-state index in [4.69, 9.17) is 14.5 Å². The van der Waals surface area contributed by atoms with Gasteiger partial charge in [0, 0.05) is 12.1 Å². The Balaban J connectivity index is 1.61. The molecule has 5 heteroatoms. The molecule has 1 aromatic heterocycles. The third kappa shape index (κ3) is 4.61. The molecule has 0 unspecified atom stereocenters. The Labute approximate surface area is 181 Å². The number of aryl methyl sites for hydroxylation is 2. The smallest absolute Gasteiger partial charge is 0.261 e. The molecule has 0 aliphatic heterocycles. The lowest BCUT2D eigenvalue weighted by Crippen LogP contribution is -2.24. The molecule has 0 saturated heterocycles. The van der Waals surface area contributed by atoms with Crippen LogP contribution in [-0.2, 0) is 6.54 Å². The van der Waals surface area contributed by atoms with E-state index < -0.39 is 0 Å². The maximum atomic E-state index is 13.3. The second kappa shape index (κ2) is 9.04. The molecule has 0 radical (unpaired) electrons. The van der Waals surface area contributed by atoms with Crippen LogP contribution in [0.5, 0.6) is 11.5 Å². The first kappa shape index (κ1) is 20.7. The highest BCUT2D eigenvalue weighted by Crippen LogP contribution is 2.22. The van der Waals surface area contributed by atoms with Gasteiger partial charge in [-0.2, -0.15) is 0 Å². The molecule has 0 N–H and O–H groups in total. The van der Waals surface area contributed by atoms with Crippen LogP contribution < -0.4 is 15.0 Å². The van der Waals surface area contributed by atoms with Gasteiger partial charge in [0.15, 0.2) is 0 Å². The second-order valence-electron chi connectivity index (χ2n) is 7.66. The van der Waals surface area contributed by atoms with Crippen molar-refractivity contribution < 1.29 is 9.47 Å². The Morgan fingerprint density at radius 2 is 1.61 bits per heavy atom. The number of hydrogen-bond acceptors (Lipinski definition) is 4. The lowest BCUT2D eigenvalue weighted by molar-refractivity contribution is 0.301. The molecule has 0 aliphatic rings. The van der Waals surface area contributed by atoms with Gasteiger partial charge in [-0.25, -0.2) is 4.98 Å². The molecule has 4 aromatic rings. The van der Waals surface area contributed by atoms with E-state index in [0.29, 0.717) is 36.3 Å². The fourth-order valence-electron chi connectivity index (χ4n) is 3.76. The van der Waals surface area contributed by atoms with Gasteiger partial charge in [0.05, 0.1) is 24.6 Å². The zero-order valence-electron chi connectivity index (χ0n) is 18.1. The number of para-hydroxylation sites is 1. The van der Waals surface area contributed by atoms with Gasteiger partial charge >= 0.3 is 0 Å². The van der Waals surface area contributed by atoms with Gasteiger partial charge in [-0.05, 0) is 79.9 Å². The van der Waals surface area contributed by atoms with Crippen LogP contribution >= 0.6 is 0 Å². The van der Waals surface area contributed by atoms with E-state index in [9.17, 15) is 4.79 Å². The molecule has 3 aromatic carbocycles. The summed E-state index contributed by atoms with van der Waals surface area (Å²) in [6, 6.07) is 21.3. The van der Waals surface area contributed by atoms with Gasteiger partial charge in [0.25, 0.3) is 5.56 Å². The van der Waals surface area contributed by atoms with E-state index in [0.717, 1.165) is 17.1 Å². The molecule has 31 heavy (non-hydrogen) atoms. The Hall–Kier alpha value is -3.60. The standard InChI is InChI=1S/C26H26N2O3/c1-18-15-19(2)17-22(16-18)31-14-6-13-28-25(20-9-11-21(30-3)12-10-20)27-24-8-5-4-7-23(24)26(28)29/h4-5,7-12,15-17H,6,13-14H2,1-3H3. The number of ether oxygens (including phenoxy) is 2. The minimum Gasteiger partial charge on any atom is -0.497 e. The quantitative estimate of drug-likeness (QED) is 0.392. The van der Waals surface area contributed by atoms with E-state index >= 15 is 0 Å². The normalized spacial score (nSPS) is 10.9. The van der Waals surface area contributed by atoms with Gasteiger partial charge in [-0.3, -0.25) is 9.36 Å². The molecule has 0 atom stereocenters. The summed E-state index contributed by atoms with van der Waals surface area (Å²) in [5.74, 6) is 2.27. The molecule has 0 spiro atoms. The largest absolute Gasteiger partial charge is 0.497 e. The highest BCUT2D eigenvalue weighted by molar-refractivity contribution is 5.79. The first-order chi connectivity index (χ1) is 15.0. The van der Waals surface area contributed by atoms with Crippen molar-refractivity contribution >= 4 is 10.9 Å². The Morgan fingerprint density at radius 1 is 0.903 bits per heavy atom. The molecule has 0 fully saturated rings. The summed E-state index contributed by atoms with van der Waals surface area (Å²) >= 11 is 0. The molecule has 0 aliphatic carbocycles. The maximum Gasteiger partial charge on any atom is 0.261 e. The zero-order valence-corrected chi connectivity index (χ0v) is 18.1. The summed E-state index contributed by atoms with van der Waals surface area (Å²) in [5.41, 5.74) is 3.88. The summed E-state index contributed by atoms with van der Waals surface area (Å²) < 4.78 is 12.9. The third-order valence-corrected chi connectivity index (χ3v) is 5.20. The SMILES string of the molecule is COc1ccc(-c2nc3ccccc3c(=O)n2CCCOc2cc(C)cc(C)c2)cc1. The average Bonchev–Trinajstić information content (AvgIpc) is 2.77. The molecule has 4 rings (SSSR count). The predicted molar refractivity (Wildman–Crippen MR) is 124 cm³/mol. The van der Waals surface area contributed by atoms with E-state index in [2.05, 4.69) is 19.9 Å². The lowest BCUT2D eigenvalue weighted by atomic mass is 10.1. The van der Waals surface area contributed by atoms with Crippen LogP contribution in [0.4, 0.5) is 0 Å². The first-order valence-electron chi connectivity index (χ1n) is 10.4. The summed E-state index contributed by atoms with van der Waals surface area (Å²) in [6.45, 7) is 5.15. The van der Waals surface area contributed by atoms with E-state index in [-0.39, 0.29) is 5.56 Å². The number of benzene rings is 3. The first-order valence-corrected chi connectivity index (χ1v) is 10.4. The molecular formula is C26H26N2O3. The Morgan fingerprint density at radius 3 is 2.32 bits per heavy atom. The van der Waals surface area contributed by atoms with Gasteiger partial charge in [0.1, 0.15) is 17.3 Å². The average molecular weight is 415 g/mol. The van der Waals surface area contributed by atoms with Crippen LogP contribution in [0, 0.1) is 13.8 Å². The number of rotatable bonds is 7. The monoisotopic (exact) mass is 414 g/mol. The van der Waals surface area contributed by atoms with Gasteiger partial charge < -0.3 is 9.47 Å². The van der Waals surface area contributed by atoms with Crippen molar-refractivity contribution in [3.05, 3.63) is 88.2 Å². The molecule has 1 heterocycles. The van der Waals surface area contributed by atoms with Crippen LogP contribution in [-0.4, -0.2) is 23.3 Å². The Bertz CT molecular complexity index is 1240. The van der Waals surface area contributed by atoms with Crippen molar-refractivity contribution in [2.75, 3.05) is 13.7 Å². The molecule has 158 valence electrons. The summed E-state index contributed by atoms with van der Waals surface area (Å²) in [7, 11) is 1.63. The number of hydrogen-bond donors (Lipinski definition) is 0. The number of aromatic nitrogens is 2. The van der Waals surface area contributed by atoms with Crippen molar-refractivity contribution in [3.8, 4) is 22.9 Å². The van der Waals surface area contributed by atoms with Crippen LogP contribution in [0.1, 0.15) is 17.5 Å². The van der Waals surface area contributed by atoms with Crippen molar-refractivity contribution in [1.82, 2.24) is 9.55 Å². The molecule has 0 bridgehead atoms. The molecule has 0 saturated carbocycles. The highest BCUT2D eigenvalue weighted by atomic mass is 16.5. The maximum absolute atomic E-state index is 13.3. The van der Waals surface area contributed by atoms with E-state index in [1.807, 2.05) is 60.7 Å². The fraction of sp³-hybridized carbons (Fsp3) is 0.231. The second-order valence-corrected chi connectivity index (χ2v) is 7.66. The van der Waals surface area contributed by atoms with Crippen molar-refractivity contribution in [2.24, 2.45) is 0 Å². The zero-order chi connectivity index (χ0) is 21.8. The summed E-state index contributed by atoms with van der Waals surface area (Å²) in [6.07, 6.45) is 0.691. The minimum absolute atomic E-state index is 0.0391. The van der Waals surface area contributed by atoms with Crippen molar-refractivity contribution in [2.45, 2.75) is 26.8 Å². The number of nitrogens with zero attached hydrogens (tertiary/aromatic N) is 2. The predicted octanol–water partition coefficient (Wildman–Crippen LogP) is 5.16. The lowest BCUT2D eigenvalue weighted by Gasteiger charge is -2.15. The van der Waals surface area contributed by atoms with E-state index in [1.54, 1.807) is 11.7 Å². The fourth-order valence-corrected chi connectivity index (χ4v) is 3.76. The molecular weight excluding hydrogens is 388 g/mol. The molecule has 0 amide bonds. The third-order valence-electron chi connectivity index (χ3n) is 5.20. The van der Waals surface area contributed by atoms with Crippen molar-refractivity contribution in [3.63, 3.8) is 0 Å². The van der Waals surface area contributed by atoms with Crippen LogP contribution in [0.25, 0.3) is 22.3 Å². The highest BCUT2D eigenvalue weighted by Gasteiger charge is 2.13. The summed E-state index contributed by atoms with van der Waals surface area (Å²) in [5, 5.41) is 0.620. The summed E-state index contributed by atoms with van der Waals surface area (Å²) in [4.78, 5) is 18.1. The minimum atomic E-state index is -0.0391. The van der Waals surface area contributed by atoms with Gasteiger partial charge in [0.2, 0.25) is 0 Å². The van der Waals surface area contributed by atoms with Gasteiger partial charge in [-0.15, -0.1) is 0 Å². The van der Waals surface area contributed by atoms with Crippen LogP contribution in [0.2, 0.25) is 0 Å². The van der Waals surface area contributed by atoms with Crippen LogP contribution in [0.15, 0.2) is 71.5 Å². The van der Waals surface area contributed by atoms with Gasteiger partial charge in [-0.1, -0.05) is 18.2 Å². The topological polar surface area (TPSA) is 53.3 Å². The number of fused-ring (bicyclic) bond motifs is 1. The Kier molecular flexibility index (Phi) is 6.03. The van der Waals surface area contributed by atoms with E-state index in [1.165, 1.54) is 11.1 Å². The molecule has 5 nitrogen and oxygen atoms in total. The van der Waals surface area contributed by atoms with Crippen molar-refractivity contribution in [1.29, 1.82) is 0 Å².